The second kappa shape index (κ2) is 7.36. The van der Waals surface area contributed by atoms with Gasteiger partial charge in [0.25, 0.3) is 5.91 Å². The summed E-state index contributed by atoms with van der Waals surface area (Å²) in [6.45, 7) is 0.0883. The lowest BCUT2D eigenvalue weighted by molar-refractivity contribution is -0.118. The van der Waals surface area contributed by atoms with Crippen molar-refractivity contribution in [3.05, 3.63) is 12.1 Å². The van der Waals surface area contributed by atoms with Crippen LogP contribution in [0.15, 0.2) is 17.0 Å². The van der Waals surface area contributed by atoms with E-state index in [9.17, 15) is 13.2 Å². The normalized spacial score (nSPS) is 18.6. The van der Waals surface area contributed by atoms with Crippen LogP contribution in [0.25, 0.3) is 0 Å². The third-order valence-electron chi connectivity index (χ3n) is 4.49. The highest BCUT2D eigenvalue weighted by atomic mass is 35.5. The Labute approximate surface area is 152 Å². The van der Waals surface area contributed by atoms with E-state index in [1.54, 1.807) is 0 Å². The van der Waals surface area contributed by atoms with Gasteiger partial charge in [0.2, 0.25) is 10.0 Å². The van der Waals surface area contributed by atoms with Crippen molar-refractivity contribution in [2.24, 2.45) is 5.73 Å². The smallest absolute Gasteiger partial charge is 0.262 e. The zero-order valence-electron chi connectivity index (χ0n) is 13.8. The van der Waals surface area contributed by atoms with Crippen LogP contribution in [0.4, 0.5) is 5.69 Å². The topological polar surface area (TPSA) is 120 Å². The number of fused-ring (bicyclic) bond motifs is 1. The third-order valence-corrected chi connectivity index (χ3v) is 6.09. The van der Waals surface area contributed by atoms with E-state index in [-0.39, 0.29) is 42.1 Å². The van der Waals surface area contributed by atoms with Crippen molar-refractivity contribution >= 4 is 34.0 Å². The number of nitrogens with two attached hydrogens (primary N) is 1. The minimum absolute atomic E-state index is 0. The Morgan fingerprint density at radius 3 is 2.64 bits per heavy atom. The first-order chi connectivity index (χ1) is 11.4. The average molecular weight is 392 g/mol. The van der Waals surface area contributed by atoms with Gasteiger partial charge >= 0.3 is 0 Å². The van der Waals surface area contributed by atoms with Gasteiger partial charge in [0.1, 0.15) is 16.4 Å². The third kappa shape index (κ3) is 3.84. The quantitative estimate of drug-likeness (QED) is 0.688. The van der Waals surface area contributed by atoms with Crippen LogP contribution in [-0.2, 0) is 14.8 Å². The van der Waals surface area contributed by atoms with Crippen LogP contribution in [-0.4, -0.2) is 40.1 Å². The maximum atomic E-state index is 12.9. The van der Waals surface area contributed by atoms with Crippen molar-refractivity contribution in [3.8, 4) is 11.5 Å². The first-order valence-electron chi connectivity index (χ1n) is 7.78. The van der Waals surface area contributed by atoms with Gasteiger partial charge in [0.15, 0.2) is 6.61 Å². The maximum Gasteiger partial charge on any atom is 0.262 e. The van der Waals surface area contributed by atoms with Gasteiger partial charge < -0.3 is 20.5 Å². The first kappa shape index (κ1) is 19.8. The van der Waals surface area contributed by atoms with Gasteiger partial charge in [-0.15, -0.1) is 12.4 Å². The summed E-state index contributed by atoms with van der Waals surface area (Å²) in [5.41, 5.74) is 5.59. The molecule has 0 saturated heterocycles. The van der Waals surface area contributed by atoms with Gasteiger partial charge in [-0.2, -0.15) is 0 Å². The fraction of sp³-hybridized carbons (Fsp3) is 0.533. The molecule has 0 radical (unpaired) electrons. The van der Waals surface area contributed by atoms with Crippen LogP contribution in [0.5, 0.6) is 11.5 Å². The van der Waals surface area contributed by atoms with Gasteiger partial charge in [0.05, 0.1) is 12.8 Å². The van der Waals surface area contributed by atoms with Crippen LogP contribution in [0.3, 0.4) is 0 Å². The summed E-state index contributed by atoms with van der Waals surface area (Å²) >= 11 is 0. The van der Waals surface area contributed by atoms with Crippen LogP contribution >= 0.6 is 12.4 Å². The van der Waals surface area contributed by atoms with Crippen molar-refractivity contribution in [3.63, 3.8) is 0 Å². The lowest BCUT2D eigenvalue weighted by atomic mass is 10.0. The van der Waals surface area contributed by atoms with Gasteiger partial charge in [-0.1, -0.05) is 12.8 Å². The van der Waals surface area contributed by atoms with Crippen molar-refractivity contribution < 1.29 is 22.7 Å². The van der Waals surface area contributed by atoms with Gasteiger partial charge in [-0.25, -0.2) is 13.1 Å². The summed E-state index contributed by atoms with van der Waals surface area (Å²) in [7, 11) is -2.48. The molecule has 1 aliphatic heterocycles. The highest BCUT2D eigenvalue weighted by molar-refractivity contribution is 7.89. The summed E-state index contributed by atoms with van der Waals surface area (Å²) in [6.07, 6.45) is 3.30. The number of anilines is 1. The Hall–Kier alpha value is -1.55. The summed E-state index contributed by atoms with van der Waals surface area (Å²) < 4.78 is 39.0. The summed E-state index contributed by atoms with van der Waals surface area (Å²) in [5, 5.41) is 2.63. The van der Waals surface area contributed by atoms with Crippen LogP contribution in [0, 0.1) is 0 Å². The molecule has 0 unspecified atom stereocenters. The molecule has 1 aromatic rings. The van der Waals surface area contributed by atoms with E-state index in [2.05, 4.69) is 10.0 Å². The van der Waals surface area contributed by atoms with E-state index >= 15 is 0 Å². The monoisotopic (exact) mass is 391 g/mol. The molecule has 25 heavy (non-hydrogen) atoms. The molecule has 0 aromatic heterocycles. The predicted octanol–water partition coefficient (Wildman–Crippen LogP) is 0.998. The molecule has 1 aliphatic carbocycles. The largest absolute Gasteiger partial charge is 0.495 e. The Morgan fingerprint density at radius 2 is 2.04 bits per heavy atom. The second-order valence-corrected chi connectivity index (χ2v) is 7.78. The zero-order chi connectivity index (χ0) is 17.4. The molecule has 1 fully saturated rings. The lowest BCUT2D eigenvalue weighted by Crippen LogP contribution is -2.51. The molecule has 0 spiro atoms. The minimum atomic E-state index is -3.85. The Kier molecular flexibility index (Phi) is 5.82. The second-order valence-electron chi connectivity index (χ2n) is 6.13. The highest BCUT2D eigenvalue weighted by Crippen LogP contribution is 2.38. The molecule has 140 valence electrons. The number of ether oxygens (including phenoxy) is 2. The number of halogens is 1. The molecule has 1 saturated carbocycles. The standard InChI is InChI=1S/C15H21N3O5S.ClH/c1-22-12-6-10-11(23-8-14(19)17-10)7-13(12)24(20,21)18-15(9-16)4-2-3-5-15;/h6-7,18H,2-5,8-9,16H2,1H3,(H,17,19);1H. The Bertz CT molecular complexity index is 763. The highest BCUT2D eigenvalue weighted by Gasteiger charge is 2.38. The summed E-state index contributed by atoms with van der Waals surface area (Å²) in [6, 6.07) is 2.82. The Balaban J connectivity index is 0.00000225. The molecule has 3 rings (SSSR count). The van der Waals surface area contributed by atoms with Crippen LogP contribution < -0.4 is 25.2 Å². The fourth-order valence-electron chi connectivity index (χ4n) is 3.20. The summed E-state index contributed by atoms with van der Waals surface area (Å²) in [4.78, 5) is 11.4. The van der Waals surface area contributed by atoms with Crippen molar-refractivity contribution in [2.75, 3.05) is 25.6 Å². The average Bonchev–Trinajstić information content (AvgIpc) is 3.01. The van der Waals surface area contributed by atoms with E-state index < -0.39 is 15.6 Å². The SMILES string of the molecule is COc1cc2c(cc1S(=O)(=O)NC1(CN)CCCC1)OCC(=O)N2.Cl. The van der Waals surface area contributed by atoms with Crippen LogP contribution in [0.2, 0.25) is 0 Å². The number of amides is 1. The van der Waals surface area contributed by atoms with Gasteiger partial charge in [-0.3, -0.25) is 4.79 Å². The minimum Gasteiger partial charge on any atom is -0.495 e. The molecular formula is C15H22ClN3O5S. The van der Waals surface area contributed by atoms with E-state index in [0.717, 1.165) is 12.8 Å². The number of hydrogen-bond donors (Lipinski definition) is 3. The first-order valence-corrected chi connectivity index (χ1v) is 9.26. The predicted molar refractivity (Wildman–Crippen MR) is 94.9 cm³/mol. The number of hydrogen-bond acceptors (Lipinski definition) is 6. The zero-order valence-corrected chi connectivity index (χ0v) is 15.5. The molecule has 4 N–H and O–H groups in total. The van der Waals surface area contributed by atoms with Crippen molar-refractivity contribution in [1.82, 2.24) is 4.72 Å². The van der Waals surface area contributed by atoms with E-state index in [0.29, 0.717) is 24.3 Å². The fourth-order valence-corrected chi connectivity index (χ4v) is 4.83. The molecular weight excluding hydrogens is 370 g/mol. The van der Waals surface area contributed by atoms with E-state index in [1.807, 2.05) is 0 Å². The molecule has 1 amide bonds. The maximum absolute atomic E-state index is 12.9. The number of carbonyl (C=O) groups is 1. The number of carbonyl (C=O) groups excluding carboxylic acids is 1. The Morgan fingerprint density at radius 1 is 1.36 bits per heavy atom. The number of methoxy groups -OCH3 is 1. The molecule has 8 nitrogen and oxygen atoms in total. The molecule has 0 bridgehead atoms. The number of sulfonamides is 1. The summed E-state index contributed by atoms with van der Waals surface area (Å²) in [5.74, 6) is 0.132. The lowest BCUT2D eigenvalue weighted by Gasteiger charge is -2.29. The van der Waals surface area contributed by atoms with Gasteiger partial charge in [0, 0.05) is 24.2 Å². The number of nitrogens with one attached hydrogen (secondary N) is 2. The van der Waals surface area contributed by atoms with Crippen molar-refractivity contribution in [2.45, 2.75) is 36.1 Å². The van der Waals surface area contributed by atoms with Crippen molar-refractivity contribution in [1.29, 1.82) is 0 Å². The molecule has 10 heteroatoms. The molecule has 1 heterocycles. The molecule has 0 atom stereocenters. The molecule has 1 aromatic carbocycles. The molecule has 2 aliphatic rings. The van der Waals surface area contributed by atoms with Crippen LogP contribution in [0.1, 0.15) is 25.7 Å². The number of rotatable bonds is 5. The van der Waals surface area contributed by atoms with E-state index in [1.165, 1.54) is 19.2 Å². The van der Waals surface area contributed by atoms with E-state index in [4.69, 9.17) is 15.2 Å². The number of benzene rings is 1. The van der Waals surface area contributed by atoms with Gasteiger partial charge in [-0.05, 0) is 12.8 Å².